The predicted molar refractivity (Wildman–Crippen MR) is 243 cm³/mol. The summed E-state index contributed by atoms with van der Waals surface area (Å²) >= 11 is 1.87. The van der Waals surface area contributed by atoms with Gasteiger partial charge in [0.15, 0.2) is 5.82 Å². The van der Waals surface area contributed by atoms with Crippen molar-refractivity contribution in [2.75, 3.05) is 0 Å². The molecule has 288 valence electrons. The van der Waals surface area contributed by atoms with Gasteiger partial charge in [0.25, 0.3) is 0 Å². The van der Waals surface area contributed by atoms with E-state index in [1.54, 1.807) is 0 Å². The Kier molecular flexibility index (Phi) is 7.73. The lowest BCUT2D eigenvalue weighted by molar-refractivity contribution is -0.0407. The number of rotatable bonds is 5. The lowest BCUT2D eigenvalue weighted by Gasteiger charge is -2.61. The maximum absolute atomic E-state index is 7.08. The summed E-state index contributed by atoms with van der Waals surface area (Å²) in [5.41, 5.74) is 15.5. The summed E-state index contributed by atoms with van der Waals surface area (Å²) in [6.45, 7) is 0. The van der Waals surface area contributed by atoms with E-state index in [9.17, 15) is 0 Å². The zero-order valence-electron chi connectivity index (χ0n) is 33.2. The molecule has 5 aliphatic carbocycles. The van der Waals surface area contributed by atoms with Crippen molar-refractivity contribution < 1.29 is 4.74 Å². The van der Waals surface area contributed by atoms with Gasteiger partial charge in [-0.15, -0.1) is 0 Å². The molecule has 8 aromatic rings. The third-order valence-corrected chi connectivity index (χ3v) is 15.7. The zero-order chi connectivity index (χ0) is 39.4. The molecule has 0 unspecified atom stereocenters. The second-order valence-electron chi connectivity index (χ2n) is 17.7. The minimum atomic E-state index is -0.0385. The van der Waals surface area contributed by atoms with Crippen LogP contribution in [-0.4, -0.2) is 9.97 Å². The molecule has 0 saturated heterocycles. The highest BCUT2D eigenvalue weighted by atomic mass is 32.2. The van der Waals surface area contributed by atoms with Gasteiger partial charge < -0.3 is 4.74 Å². The second kappa shape index (κ2) is 13.4. The summed E-state index contributed by atoms with van der Waals surface area (Å²) in [5, 5.41) is 0. The van der Waals surface area contributed by atoms with Crippen LogP contribution in [0.2, 0.25) is 0 Å². The topological polar surface area (TPSA) is 35.0 Å². The number of ether oxygens (including phenoxy) is 1. The minimum absolute atomic E-state index is 0.0385. The third-order valence-electron chi connectivity index (χ3n) is 14.6. The molecule has 2 heterocycles. The number of fused-ring (bicyclic) bond motifs is 6. The van der Waals surface area contributed by atoms with Crippen molar-refractivity contribution in [1.82, 2.24) is 9.97 Å². The molecule has 0 N–H and O–H groups in total. The first kappa shape index (κ1) is 34.6. The van der Waals surface area contributed by atoms with Crippen molar-refractivity contribution >= 4 is 11.8 Å². The van der Waals surface area contributed by atoms with E-state index in [2.05, 4.69) is 170 Å². The Balaban J connectivity index is 1.01. The number of hydrogen-bond acceptors (Lipinski definition) is 4. The largest absolute Gasteiger partial charge is 0.455 e. The molecule has 1 aromatic heterocycles. The van der Waals surface area contributed by atoms with Gasteiger partial charge in [-0.05, 0) is 131 Å². The van der Waals surface area contributed by atoms with Crippen LogP contribution < -0.4 is 4.74 Å². The zero-order valence-corrected chi connectivity index (χ0v) is 34.0. The van der Waals surface area contributed by atoms with Gasteiger partial charge in [-0.1, -0.05) is 145 Å². The van der Waals surface area contributed by atoms with Crippen molar-refractivity contribution in [3.63, 3.8) is 0 Å². The van der Waals surface area contributed by atoms with Crippen LogP contribution in [0.4, 0.5) is 0 Å². The van der Waals surface area contributed by atoms with Crippen molar-refractivity contribution in [3.8, 4) is 78.7 Å². The molecular weight excluding hydrogens is 749 g/mol. The van der Waals surface area contributed by atoms with Gasteiger partial charge in [0.2, 0.25) is 0 Å². The smallest absolute Gasteiger partial charge is 0.160 e. The van der Waals surface area contributed by atoms with Gasteiger partial charge in [-0.2, -0.15) is 0 Å². The molecule has 4 saturated carbocycles. The molecule has 60 heavy (non-hydrogen) atoms. The molecule has 0 atom stereocenters. The first-order valence-corrected chi connectivity index (χ1v) is 22.5. The van der Waals surface area contributed by atoms with E-state index in [1.165, 1.54) is 75.3 Å². The van der Waals surface area contributed by atoms with Gasteiger partial charge in [0.05, 0.1) is 15.5 Å². The van der Waals surface area contributed by atoms with Crippen LogP contribution in [0.3, 0.4) is 0 Å². The Morgan fingerprint density at radius 3 is 1.97 bits per heavy atom. The average Bonchev–Trinajstić information content (AvgIpc) is 3.61. The summed E-state index contributed by atoms with van der Waals surface area (Å²) in [6.07, 6.45) is 8.79. The van der Waals surface area contributed by atoms with E-state index in [-0.39, 0.29) is 5.41 Å². The summed E-state index contributed by atoms with van der Waals surface area (Å²) in [6, 6.07) is 59.3. The Morgan fingerprint density at radius 1 is 0.483 bits per heavy atom. The van der Waals surface area contributed by atoms with Crippen molar-refractivity contribution in [3.05, 3.63) is 181 Å². The molecule has 1 spiro atoms. The standard InChI is InChI=1S/C56H42N2OS/c1-3-12-36(13-4-1)38-16-11-17-40(31-38)53-47(33-57-55(58-53)45-19-8-7-18-43(45)37-14-5-2-6-15-37)39-22-24-48-46(32-39)44-23-25-51-54(59-49-20-9-10-21-50(49)60-51)52(44)56(48)41-27-34-26-35(29-41)30-42(56)28-34/h1-25,31-35,41-42H,26-30H2. The van der Waals surface area contributed by atoms with E-state index in [0.717, 1.165) is 68.2 Å². The first-order chi connectivity index (χ1) is 29.7. The van der Waals surface area contributed by atoms with Gasteiger partial charge in [0.1, 0.15) is 11.5 Å². The van der Waals surface area contributed by atoms with Crippen LogP contribution in [0.25, 0.3) is 67.2 Å². The number of para-hydroxylation sites is 1. The minimum Gasteiger partial charge on any atom is -0.455 e. The van der Waals surface area contributed by atoms with Gasteiger partial charge >= 0.3 is 0 Å². The maximum atomic E-state index is 7.08. The first-order valence-electron chi connectivity index (χ1n) is 21.6. The molecule has 7 aromatic carbocycles. The quantitative estimate of drug-likeness (QED) is 0.174. The monoisotopic (exact) mass is 790 g/mol. The van der Waals surface area contributed by atoms with Gasteiger partial charge in [-0.3, -0.25) is 0 Å². The molecule has 6 aliphatic rings. The Bertz CT molecular complexity index is 2980. The second-order valence-corrected chi connectivity index (χ2v) is 18.8. The highest BCUT2D eigenvalue weighted by molar-refractivity contribution is 7.99. The molecule has 14 rings (SSSR count). The SMILES string of the molecule is c1ccc(-c2cccc(-c3nc(-c4ccccc4-c4ccccc4)ncc3-c3ccc4c(c3)-c3ccc5c(c3C43C4CC6CC(C4)CC3C6)Oc3ccccc3S5)c2)cc1. The molecule has 4 heteroatoms. The third kappa shape index (κ3) is 5.16. The van der Waals surface area contributed by atoms with Gasteiger partial charge in [0, 0.05) is 33.9 Å². The van der Waals surface area contributed by atoms with Crippen LogP contribution in [0.1, 0.15) is 43.2 Å². The van der Waals surface area contributed by atoms with Crippen LogP contribution >= 0.6 is 11.8 Å². The fourth-order valence-corrected chi connectivity index (χ4v) is 13.4. The lowest BCUT2D eigenvalue weighted by Crippen LogP contribution is -2.55. The van der Waals surface area contributed by atoms with E-state index in [4.69, 9.17) is 14.7 Å². The molecule has 0 amide bonds. The van der Waals surface area contributed by atoms with E-state index < -0.39 is 0 Å². The summed E-state index contributed by atoms with van der Waals surface area (Å²) in [7, 11) is 0. The molecule has 4 bridgehead atoms. The molecule has 0 radical (unpaired) electrons. The molecule has 4 fully saturated rings. The van der Waals surface area contributed by atoms with E-state index in [0.29, 0.717) is 11.8 Å². The number of benzene rings is 7. The van der Waals surface area contributed by atoms with Crippen molar-refractivity contribution in [2.24, 2.45) is 23.7 Å². The van der Waals surface area contributed by atoms with Crippen LogP contribution in [-0.2, 0) is 5.41 Å². The van der Waals surface area contributed by atoms with E-state index in [1.807, 2.05) is 11.8 Å². The normalized spacial score (nSPS) is 22.5. The van der Waals surface area contributed by atoms with Crippen molar-refractivity contribution in [1.29, 1.82) is 0 Å². The summed E-state index contributed by atoms with van der Waals surface area (Å²) in [4.78, 5) is 13.2. The Labute approximate surface area is 355 Å². The van der Waals surface area contributed by atoms with Crippen molar-refractivity contribution in [2.45, 2.75) is 47.3 Å². The average molecular weight is 791 g/mol. The van der Waals surface area contributed by atoms with Crippen LogP contribution in [0, 0.1) is 23.7 Å². The van der Waals surface area contributed by atoms with Crippen LogP contribution in [0.15, 0.2) is 180 Å². The lowest BCUT2D eigenvalue weighted by atomic mass is 9.43. The molecule has 1 aliphatic heterocycles. The predicted octanol–water partition coefficient (Wildman–Crippen LogP) is 14.8. The van der Waals surface area contributed by atoms with Gasteiger partial charge in [-0.25, -0.2) is 9.97 Å². The summed E-state index contributed by atoms with van der Waals surface area (Å²) in [5.74, 6) is 5.77. The number of nitrogens with zero attached hydrogens (tertiary/aromatic N) is 2. The maximum Gasteiger partial charge on any atom is 0.160 e. The highest BCUT2D eigenvalue weighted by Crippen LogP contribution is 2.72. The Morgan fingerprint density at radius 2 is 1.17 bits per heavy atom. The number of aromatic nitrogens is 2. The molecular formula is C56H42N2OS. The fourth-order valence-electron chi connectivity index (χ4n) is 12.4. The van der Waals surface area contributed by atoms with E-state index >= 15 is 0 Å². The number of hydrogen-bond donors (Lipinski definition) is 0. The van der Waals surface area contributed by atoms with Crippen LogP contribution in [0.5, 0.6) is 11.5 Å². The highest BCUT2D eigenvalue weighted by Gasteiger charge is 2.63. The summed E-state index contributed by atoms with van der Waals surface area (Å²) < 4.78 is 7.08. The molecule has 3 nitrogen and oxygen atoms in total. The Hall–Kier alpha value is -6.23. The fraction of sp³-hybridized carbons (Fsp3) is 0.179.